The Hall–Kier alpha value is -1.90. The van der Waals surface area contributed by atoms with E-state index in [9.17, 15) is 13.2 Å². The molecule has 0 spiro atoms. The van der Waals surface area contributed by atoms with Gasteiger partial charge in [-0.2, -0.15) is 0 Å². The summed E-state index contributed by atoms with van der Waals surface area (Å²) in [6.45, 7) is 0. The summed E-state index contributed by atoms with van der Waals surface area (Å²) in [7, 11) is -2.43. The topological polar surface area (TPSA) is 79.4 Å². The molecular weight excluding hydrogens is 346 g/mol. The highest BCUT2D eigenvalue weighted by atomic mass is 35.5. The highest BCUT2D eigenvalue weighted by Gasteiger charge is 2.34. The summed E-state index contributed by atoms with van der Waals surface area (Å²) < 4.78 is 26.2. The maximum atomic E-state index is 12.4. The zero-order valence-corrected chi connectivity index (χ0v) is 13.7. The fraction of sp³-hybridized carbons (Fsp3) is 0.0769. The summed E-state index contributed by atoms with van der Waals surface area (Å²) in [6.07, 6.45) is 4.58. The summed E-state index contributed by atoms with van der Waals surface area (Å²) in [5.41, 5.74) is 0.560. The van der Waals surface area contributed by atoms with Crippen molar-refractivity contribution < 1.29 is 13.2 Å². The minimum absolute atomic E-state index is 0.0304. The molecule has 0 radical (unpaired) electrons. The quantitative estimate of drug-likeness (QED) is 0.897. The third-order valence-electron chi connectivity index (χ3n) is 3.11. The van der Waals surface area contributed by atoms with E-state index in [2.05, 4.69) is 10.3 Å². The molecule has 22 heavy (non-hydrogen) atoms. The SMILES string of the molecule is CN1C(C(=O)Nc2ccncc2)=Cc2sc(Cl)cc2S1(=O)=O. The van der Waals surface area contributed by atoms with Gasteiger partial charge in [-0.05, 0) is 24.3 Å². The monoisotopic (exact) mass is 355 g/mol. The summed E-state index contributed by atoms with van der Waals surface area (Å²) >= 11 is 7.00. The molecule has 0 saturated carbocycles. The number of hydrogen-bond acceptors (Lipinski definition) is 5. The van der Waals surface area contributed by atoms with Crippen molar-refractivity contribution >= 4 is 50.6 Å². The van der Waals surface area contributed by atoms with Gasteiger partial charge in [-0.3, -0.25) is 14.1 Å². The van der Waals surface area contributed by atoms with Gasteiger partial charge in [0.25, 0.3) is 15.9 Å². The van der Waals surface area contributed by atoms with Crippen LogP contribution in [0.2, 0.25) is 4.34 Å². The summed E-state index contributed by atoms with van der Waals surface area (Å²) in [5.74, 6) is -0.521. The third-order valence-corrected chi connectivity index (χ3v) is 6.26. The molecule has 0 saturated heterocycles. The predicted molar refractivity (Wildman–Crippen MR) is 85.1 cm³/mol. The molecule has 6 nitrogen and oxygen atoms in total. The molecule has 1 N–H and O–H groups in total. The lowest BCUT2D eigenvalue weighted by atomic mass is 10.3. The van der Waals surface area contributed by atoms with E-state index in [1.165, 1.54) is 31.6 Å². The van der Waals surface area contributed by atoms with Crippen molar-refractivity contribution in [2.45, 2.75) is 4.90 Å². The largest absolute Gasteiger partial charge is 0.321 e. The van der Waals surface area contributed by atoms with Crippen LogP contribution in [0.1, 0.15) is 4.88 Å². The number of nitrogens with zero attached hydrogens (tertiary/aromatic N) is 2. The number of thiophene rings is 1. The second-order valence-corrected chi connectivity index (χ2v) is 8.12. The lowest BCUT2D eigenvalue weighted by molar-refractivity contribution is -0.113. The number of nitrogens with one attached hydrogen (secondary N) is 1. The minimum atomic E-state index is -3.77. The number of rotatable bonds is 2. The fourth-order valence-electron chi connectivity index (χ4n) is 1.99. The van der Waals surface area contributed by atoms with Crippen LogP contribution in [-0.2, 0) is 14.8 Å². The second kappa shape index (κ2) is 5.38. The smallest absolute Gasteiger partial charge is 0.272 e. The maximum absolute atomic E-state index is 12.4. The Morgan fingerprint density at radius 3 is 2.73 bits per heavy atom. The minimum Gasteiger partial charge on any atom is -0.321 e. The molecule has 2 aromatic heterocycles. The number of carbonyl (C=O) groups is 1. The second-order valence-electron chi connectivity index (χ2n) is 4.47. The number of likely N-dealkylation sites (N-methyl/N-ethyl adjacent to an activating group) is 1. The zero-order chi connectivity index (χ0) is 15.9. The molecule has 0 aromatic carbocycles. The number of anilines is 1. The first kappa shape index (κ1) is 15.0. The standard InChI is InChI=1S/C13H10ClN3O3S2/c1-17-9(13(18)16-8-2-4-15-5-3-8)6-10-11(22(17,19)20)7-12(14)21-10/h2-7H,1H3,(H,15,16,18). The molecule has 9 heteroatoms. The molecule has 0 aliphatic carbocycles. The molecule has 1 aliphatic rings. The van der Waals surface area contributed by atoms with Crippen molar-refractivity contribution in [2.24, 2.45) is 0 Å². The molecule has 3 rings (SSSR count). The van der Waals surface area contributed by atoms with Crippen LogP contribution in [0.25, 0.3) is 6.08 Å². The van der Waals surface area contributed by atoms with Crippen molar-refractivity contribution in [2.75, 3.05) is 12.4 Å². The summed E-state index contributed by atoms with van der Waals surface area (Å²) in [6, 6.07) is 4.62. The van der Waals surface area contributed by atoms with Crippen molar-refractivity contribution in [3.63, 3.8) is 0 Å². The van der Waals surface area contributed by atoms with Gasteiger partial charge in [0.2, 0.25) is 0 Å². The molecule has 0 fully saturated rings. The Labute approximate surface area is 136 Å². The molecular formula is C13H10ClN3O3S2. The molecule has 0 atom stereocenters. The normalized spacial score (nSPS) is 15.9. The number of amides is 1. The van der Waals surface area contributed by atoms with Crippen LogP contribution in [0.3, 0.4) is 0 Å². The lowest BCUT2D eigenvalue weighted by Crippen LogP contribution is -2.35. The van der Waals surface area contributed by atoms with Gasteiger partial charge in [0, 0.05) is 25.1 Å². The molecule has 0 bridgehead atoms. The van der Waals surface area contributed by atoms with Crippen LogP contribution < -0.4 is 5.32 Å². The van der Waals surface area contributed by atoms with E-state index >= 15 is 0 Å². The first-order valence-electron chi connectivity index (χ1n) is 6.11. The number of sulfonamides is 1. The van der Waals surface area contributed by atoms with Crippen LogP contribution in [-0.4, -0.2) is 30.7 Å². The molecule has 0 unspecified atom stereocenters. The number of pyridine rings is 1. The van der Waals surface area contributed by atoms with E-state index in [4.69, 9.17) is 11.6 Å². The molecule has 1 aliphatic heterocycles. The maximum Gasteiger partial charge on any atom is 0.272 e. The van der Waals surface area contributed by atoms with Gasteiger partial charge in [0.15, 0.2) is 0 Å². The molecule has 1 amide bonds. The highest BCUT2D eigenvalue weighted by Crippen LogP contribution is 2.38. The molecule has 2 aromatic rings. The Balaban J connectivity index is 2.00. The summed E-state index contributed by atoms with van der Waals surface area (Å²) in [4.78, 5) is 16.8. The number of halogens is 1. The number of hydrogen-bond donors (Lipinski definition) is 1. The average Bonchev–Trinajstić information content (AvgIpc) is 2.86. The van der Waals surface area contributed by atoms with Crippen molar-refractivity contribution in [3.05, 3.63) is 45.5 Å². The fourth-order valence-corrected chi connectivity index (χ4v) is 4.92. The van der Waals surface area contributed by atoms with Crippen LogP contribution in [0.4, 0.5) is 5.69 Å². The van der Waals surface area contributed by atoms with Crippen molar-refractivity contribution in [3.8, 4) is 0 Å². The van der Waals surface area contributed by atoms with Gasteiger partial charge in [-0.25, -0.2) is 8.42 Å². The van der Waals surface area contributed by atoms with Gasteiger partial charge in [-0.15, -0.1) is 11.3 Å². The van der Waals surface area contributed by atoms with Gasteiger partial charge < -0.3 is 5.32 Å². The van der Waals surface area contributed by atoms with Crippen LogP contribution in [0.5, 0.6) is 0 Å². The van der Waals surface area contributed by atoms with Gasteiger partial charge >= 0.3 is 0 Å². The van der Waals surface area contributed by atoms with E-state index in [0.29, 0.717) is 14.9 Å². The number of carbonyl (C=O) groups excluding carboxylic acids is 1. The van der Waals surface area contributed by atoms with E-state index in [1.807, 2.05) is 0 Å². The van der Waals surface area contributed by atoms with E-state index in [1.54, 1.807) is 12.1 Å². The van der Waals surface area contributed by atoms with Gasteiger partial charge in [-0.1, -0.05) is 11.6 Å². The Morgan fingerprint density at radius 1 is 1.36 bits per heavy atom. The van der Waals surface area contributed by atoms with Crippen LogP contribution in [0, 0.1) is 0 Å². The number of fused-ring (bicyclic) bond motifs is 1. The van der Waals surface area contributed by atoms with E-state index in [0.717, 1.165) is 15.6 Å². The number of aromatic nitrogens is 1. The van der Waals surface area contributed by atoms with Crippen LogP contribution in [0.15, 0.2) is 41.2 Å². The van der Waals surface area contributed by atoms with Gasteiger partial charge in [0.05, 0.1) is 9.21 Å². The van der Waals surface area contributed by atoms with Gasteiger partial charge in [0.1, 0.15) is 10.6 Å². The van der Waals surface area contributed by atoms with E-state index in [-0.39, 0.29) is 10.6 Å². The van der Waals surface area contributed by atoms with Crippen LogP contribution >= 0.6 is 22.9 Å². The van der Waals surface area contributed by atoms with Crippen molar-refractivity contribution in [1.29, 1.82) is 0 Å². The Morgan fingerprint density at radius 2 is 2.05 bits per heavy atom. The Bertz CT molecular complexity index is 875. The zero-order valence-electron chi connectivity index (χ0n) is 11.3. The van der Waals surface area contributed by atoms with Crippen molar-refractivity contribution in [1.82, 2.24) is 9.29 Å². The highest BCUT2D eigenvalue weighted by molar-refractivity contribution is 7.89. The third kappa shape index (κ3) is 2.49. The molecule has 114 valence electrons. The lowest BCUT2D eigenvalue weighted by Gasteiger charge is -2.25. The summed E-state index contributed by atoms with van der Waals surface area (Å²) in [5, 5.41) is 2.64. The Kier molecular flexibility index (Phi) is 3.67. The predicted octanol–water partition coefficient (Wildman–Crippen LogP) is 2.41. The molecule has 3 heterocycles. The first-order chi connectivity index (χ1) is 10.4. The first-order valence-corrected chi connectivity index (χ1v) is 8.74. The average molecular weight is 356 g/mol. The van der Waals surface area contributed by atoms with E-state index < -0.39 is 15.9 Å².